The maximum Gasteiger partial charge on any atom is 0.289 e. The molecule has 2 saturated carbocycles. The van der Waals surface area contributed by atoms with Crippen LogP contribution in [-0.4, -0.2) is 59.6 Å². The van der Waals surface area contributed by atoms with Gasteiger partial charge >= 0.3 is 0 Å². The molecule has 1 aliphatic heterocycles. The Morgan fingerprint density at radius 3 is 2.41 bits per heavy atom. The number of likely N-dealkylation sites (tertiary alicyclic amines) is 1. The van der Waals surface area contributed by atoms with Crippen LogP contribution in [0.3, 0.4) is 0 Å². The minimum absolute atomic E-state index is 0.0137. The topological polar surface area (TPSA) is 122 Å². The molecule has 8 nitrogen and oxygen atoms in total. The van der Waals surface area contributed by atoms with E-state index in [1.165, 1.54) is 12.5 Å². The molecule has 34 heavy (non-hydrogen) atoms. The molecular weight excluding hydrogens is 432 g/mol. The Hall–Kier alpha value is -2.48. The zero-order chi connectivity index (χ0) is 25.0. The van der Waals surface area contributed by atoms with Crippen LogP contribution in [0.1, 0.15) is 58.8 Å². The zero-order valence-electron chi connectivity index (χ0n) is 20.6. The van der Waals surface area contributed by atoms with Crippen molar-refractivity contribution < 1.29 is 19.2 Å². The van der Waals surface area contributed by atoms with Crippen LogP contribution < -0.4 is 16.4 Å². The van der Waals surface area contributed by atoms with Crippen LogP contribution >= 0.6 is 0 Å². The predicted molar refractivity (Wildman–Crippen MR) is 130 cm³/mol. The quantitative estimate of drug-likeness (QED) is 0.312. The molecule has 2 aliphatic carbocycles. The van der Waals surface area contributed by atoms with E-state index in [2.05, 4.69) is 37.6 Å². The number of hydrogen-bond acceptors (Lipinski definition) is 5. The number of nitrogens with one attached hydrogen (secondary N) is 2. The maximum absolute atomic E-state index is 13.5. The van der Waals surface area contributed by atoms with Gasteiger partial charge in [0.2, 0.25) is 17.6 Å². The summed E-state index contributed by atoms with van der Waals surface area (Å²) in [6, 6.07) is -2.28. The minimum Gasteiger partial charge on any atom is -0.346 e. The van der Waals surface area contributed by atoms with Crippen LogP contribution in [-0.2, 0) is 19.2 Å². The standard InChI is InChI=1S/C26H40N4O4/c1-5-7-13-18(22(31)24(33)28-14-6-2)29-23(32)21-19-17(26(19,3)4)15-30(21)25(34)20(27)16-11-9-8-10-12-16/h5-6,16-21H,1-2,7-15,27H2,3-4H3,(H,28,33)(H,29,32)/t17-,18?,19-,20?,21+/m1/s1. The van der Waals surface area contributed by atoms with Gasteiger partial charge in [-0.3, -0.25) is 19.2 Å². The van der Waals surface area contributed by atoms with E-state index in [0.29, 0.717) is 13.0 Å². The lowest BCUT2D eigenvalue weighted by molar-refractivity contribution is -0.144. The van der Waals surface area contributed by atoms with E-state index >= 15 is 0 Å². The molecular formula is C26H40N4O4. The molecule has 0 aromatic heterocycles. The Kier molecular flexibility index (Phi) is 8.34. The molecule has 3 rings (SSSR count). The van der Waals surface area contributed by atoms with Crippen LogP contribution in [0.15, 0.2) is 25.3 Å². The average molecular weight is 473 g/mol. The first kappa shape index (κ1) is 26.1. The smallest absolute Gasteiger partial charge is 0.289 e. The van der Waals surface area contributed by atoms with Crippen molar-refractivity contribution in [2.24, 2.45) is 28.9 Å². The van der Waals surface area contributed by atoms with Crippen LogP contribution in [0.5, 0.6) is 0 Å². The average Bonchev–Trinajstić information content (AvgIpc) is 3.16. The van der Waals surface area contributed by atoms with E-state index in [0.717, 1.165) is 25.7 Å². The number of fused-ring (bicyclic) bond motifs is 1. The van der Waals surface area contributed by atoms with Gasteiger partial charge in [-0.2, -0.15) is 0 Å². The summed E-state index contributed by atoms with van der Waals surface area (Å²) in [7, 11) is 0. The van der Waals surface area contributed by atoms with Crippen LogP contribution in [0.2, 0.25) is 0 Å². The lowest BCUT2D eigenvalue weighted by atomic mass is 9.83. The van der Waals surface area contributed by atoms with E-state index in [1.54, 1.807) is 11.0 Å². The van der Waals surface area contributed by atoms with E-state index in [9.17, 15) is 19.2 Å². The van der Waals surface area contributed by atoms with Gasteiger partial charge in [0.15, 0.2) is 0 Å². The van der Waals surface area contributed by atoms with Crippen molar-refractivity contribution in [2.75, 3.05) is 13.1 Å². The van der Waals surface area contributed by atoms with E-state index < -0.39 is 29.8 Å². The molecule has 1 saturated heterocycles. The Bertz CT molecular complexity index is 833. The minimum atomic E-state index is -0.986. The fraction of sp³-hybridized carbons (Fsp3) is 0.692. The molecule has 3 fully saturated rings. The highest BCUT2D eigenvalue weighted by molar-refractivity contribution is 6.38. The van der Waals surface area contributed by atoms with Crippen molar-refractivity contribution in [3.63, 3.8) is 0 Å². The van der Waals surface area contributed by atoms with Crippen LogP contribution in [0.25, 0.3) is 0 Å². The summed E-state index contributed by atoms with van der Waals surface area (Å²) in [6.07, 6.45) is 9.05. The molecule has 0 bridgehead atoms. The van der Waals surface area contributed by atoms with Gasteiger partial charge in [0.05, 0.1) is 12.1 Å². The second-order valence-electron chi connectivity index (χ2n) is 10.6. The summed E-state index contributed by atoms with van der Waals surface area (Å²) in [6.45, 7) is 12.1. The first-order valence-corrected chi connectivity index (χ1v) is 12.5. The summed E-state index contributed by atoms with van der Waals surface area (Å²) in [5.41, 5.74) is 6.35. The van der Waals surface area contributed by atoms with Crippen LogP contribution in [0.4, 0.5) is 0 Å². The molecule has 0 aromatic rings. The summed E-state index contributed by atoms with van der Waals surface area (Å²) in [5, 5.41) is 5.27. The molecule has 3 aliphatic rings. The third-order valence-electron chi connectivity index (χ3n) is 8.13. The lowest BCUT2D eigenvalue weighted by Crippen LogP contribution is -2.58. The first-order chi connectivity index (χ1) is 16.1. The molecule has 1 heterocycles. The van der Waals surface area contributed by atoms with E-state index in [4.69, 9.17) is 5.73 Å². The Morgan fingerprint density at radius 1 is 1.12 bits per heavy atom. The molecule has 5 atom stereocenters. The number of rotatable bonds is 11. The van der Waals surface area contributed by atoms with Crippen molar-refractivity contribution >= 4 is 23.5 Å². The molecule has 3 amide bonds. The van der Waals surface area contributed by atoms with Gasteiger partial charge in [0.1, 0.15) is 6.04 Å². The normalized spacial score (nSPS) is 27.1. The molecule has 2 unspecified atom stereocenters. The molecule has 0 radical (unpaired) electrons. The van der Waals surface area contributed by atoms with Gasteiger partial charge in [-0.05, 0) is 48.9 Å². The van der Waals surface area contributed by atoms with Crippen molar-refractivity contribution in [1.82, 2.24) is 15.5 Å². The molecule has 0 spiro atoms. The summed E-state index contributed by atoms with van der Waals surface area (Å²) in [4.78, 5) is 53.6. The fourth-order valence-corrected chi connectivity index (χ4v) is 5.92. The number of hydrogen-bond donors (Lipinski definition) is 3. The summed E-state index contributed by atoms with van der Waals surface area (Å²) in [5.74, 6) is -1.65. The fourth-order valence-electron chi connectivity index (χ4n) is 5.92. The Labute approximate surface area is 202 Å². The first-order valence-electron chi connectivity index (χ1n) is 12.5. The second kappa shape index (κ2) is 10.8. The highest BCUT2D eigenvalue weighted by Crippen LogP contribution is 2.65. The number of nitrogens with zero attached hydrogens (tertiary/aromatic N) is 1. The van der Waals surface area contributed by atoms with Crippen molar-refractivity contribution in [3.8, 4) is 0 Å². The molecule has 4 N–H and O–H groups in total. The van der Waals surface area contributed by atoms with E-state index in [-0.39, 0.29) is 47.9 Å². The number of ketones is 1. The number of Topliss-reactive ketones (excluding diaryl/α,β-unsaturated/α-hetero) is 1. The van der Waals surface area contributed by atoms with Crippen molar-refractivity contribution in [3.05, 3.63) is 25.3 Å². The highest BCUT2D eigenvalue weighted by atomic mass is 16.2. The zero-order valence-corrected chi connectivity index (χ0v) is 20.6. The number of allylic oxidation sites excluding steroid dienone is 1. The van der Waals surface area contributed by atoms with Crippen molar-refractivity contribution in [1.29, 1.82) is 0 Å². The number of amides is 3. The Balaban J connectivity index is 1.75. The van der Waals surface area contributed by atoms with Gasteiger partial charge < -0.3 is 21.3 Å². The lowest BCUT2D eigenvalue weighted by Gasteiger charge is -2.35. The largest absolute Gasteiger partial charge is 0.346 e. The second-order valence-corrected chi connectivity index (χ2v) is 10.6. The molecule has 188 valence electrons. The SMILES string of the molecule is C=CCCC(NC(=O)[C@@H]1[C@H]2[C@@H](CN1C(=O)C(N)C1CCCCC1)C2(C)C)C(=O)C(=O)NCC=C. The summed E-state index contributed by atoms with van der Waals surface area (Å²) >= 11 is 0. The van der Waals surface area contributed by atoms with Crippen molar-refractivity contribution in [2.45, 2.75) is 76.9 Å². The van der Waals surface area contributed by atoms with Gasteiger partial charge in [0.25, 0.3) is 5.91 Å². The molecule has 0 aromatic carbocycles. The number of nitrogens with two attached hydrogens (primary N) is 1. The predicted octanol–water partition coefficient (Wildman–Crippen LogP) is 1.70. The van der Waals surface area contributed by atoms with Crippen LogP contribution in [0, 0.1) is 23.2 Å². The molecule has 8 heteroatoms. The van der Waals surface area contributed by atoms with E-state index in [1.807, 2.05) is 0 Å². The Morgan fingerprint density at radius 2 is 1.79 bits per heavy atom. The monoisotopic (exact) mass is 472 g/mol. The summed E-state index contributed by atoms with van der Waals surface area (Å²) < 4.78 is 0. The van der Waals surface area contributed by atoms with Gasteiger partial charge in [-0.15, -0.1) is 13.2 Å². The number of carbonyl (C=O) groups excluding carboxylic acids is 4. The number of carbonyl (C=O) groups is 4. The maximum atomic E-state index is 13.5. The third-order valence-corrected chi connectivity index (χ3v) is 8.13. The van der Waals surface area contributed by atoms with Gasteiger partial charge in [-0.25, -0.2) is 0 Å². The highest BCUT2D eigenvalue weighted by Gasteiger charge is 2.69. The number of piperidine rings is 1. The van der Waals surface area contributed by atoms with Gasteiger partial charge in [0, 0.05) is 13.1 Å². The third kappa shape index (κ3) is 5.27. The van der Waals surface area contributed by atoms with Gasteiger partial charge in [-0.1, -0.05) is 45.3 Å².